The molecule has 1 aromatic heterocycles. The first-order valence-corrected chi connectivity index (χ1v) is 6.15. The van der Waals surface area contributed by atoms with Crippen molar-refractivity contribution in [3.8, 4) is 17.0 Å². The molecule has 0 saturated carbocycles. The van der Waals surface area contributed by atoms with Gasteiger partial charge in [-0.1, -0.05) is 18.2 Å². The van der Waals surface area contributed by atoms with Crippen molar-refractivity contribution in [1.82, 2.24) is 9.78 Å². The molecular weight excluding hydrogens is 256 g/mol. The average Bonchev–Trinajstić information content (AvgIpc) is 2.81. The Morgan fingerprint density at radius 1 is 1.45 bits per heavy atom. The van der Waals surface area contributed by atoms with E-state index in [0.29, 0.717) is 17.0 Å². The van der Waals surface area contributed by atoms with Crippen LogP contribution in [-0.4, -0.2) is 28.0 Å². The molecule has 0 spiro atoms. The van der Waals surface area contributed by atoms with E-state index in [1.54, 1.807) is 14.2 Å². The molecule has 20 heavy (non-hydrogen) atoms. The highest BCUT2D eigenvalue weighted by molar-refractivity contribution is 5.95. The Labute approximate surface area is 117 Å². The summed E-state index contributed by atoms with van der Waals surface area (Å²) in [4.78, 5) is 11.3. The summed E-state index contributed by atoms with van der Waals surface area (Å²) in [5.41, 5.74) is 2.22. The third-order valence-corrected chi connectivity index (χ3v) is 2.90. The van der Waals surface area contributed by atoms with Crippen LogP contribution in [0.4, 0.5) is 0 Å². The zero-order valence-corrected chi connectivity index (χ0v) is 11.6. The van der Waals surface area contributed by atoms with E-state index in [1.165, 1.54) is 10.9 Å². The van der Waals surface area contributed by atoms with Gasteiger partial charge in [0.1, 0.15) is 17.0 Å². The van der Waals surface area contributed by atoms with E-state index in [2.05, 4.69) is 5.10 Å². The number of hydrogen-bond acceptors (Lipinski definition) is 3. The van der Waals surface area contributed by atoms with Gasteiger partial charge in [0.15, 0.2) is 0 Å². The van der Waals surface area contributed by atoms with Crippen LogP contribution in [0, 0.1) is 0 Å². The number of carbonyl (C=O) groups is 1. The van der Waals surface area contributed by atoms with Crippen molar-refractivity contribution >= 4 is 12.0 Å². The molecular formula is C15H16N2O3. The summed E-state index contributed by atoms with van der Waals surface area (Å²) in [6.07, 6.45) is 5.36. The number of carboxylic acid groups (broad SMARTS) is 1. The maximum Gasteiger partial charge on any atom is 0.339 e. The number of benzene rings is 1. The molecule has 1 aromatic carbocycles. The fraction of sp³-hybridized carbons (Fsp3) is 0.200. The molecule has 0 bridgehead atoms. The van der Waals surface area contributed by atoms with Crippen LogP contribution in [0.1, 0.15) is 22.8 Å². The first-order valence-electron chi connectivity index (χ1n) is 6.15. The molecule has 0 aliphatic heterocycles. The molecule has 1 heterocycles. The molecule has 5 nitrogen and oxygen atoms in total. The number of aromatic carboxylic acids is 1. The molecule has 0 amide bonds. The number of aromatic nitrogens is 2. The maximum absolute atomic E-state index is 11.3. The van der Waals surface area contributed by atoms with Crippen molar-refractivity contribution in [3.63, 3.8) is 0 Å². The Hall–Kier alpha value is -2.56. The predicted octanol–water partition coefficient (Wildman–Crippen LogP) is 2.83. The fourth-order valence-corrected chi connectivity index (χ4v) is 2.04. The Balaban J connectivity index is 2.60. The van der Waals surface area contributed by atoms with E-state index in [0.717, 1.165) is 5.56 Å². The van der Waals surface area contributed by atoms with Crippen LogP contribution in [0.15, 0.2) is 30.5 Å². The fourth-order valence-electron chi connectivity index (χ4n) is 2.04. The van der Waals surface area contributed by atoms with Crippen LogP contribution in [0.5, 0.6) is 5.75 Å². The molecule has 2 aromatic rings. The molecule has 0 aliphatic carbocycles. The number of nitrogens with zero attached hydrogens (tertiary/aromatic N) is 2. The van der Waals surface area contributed by atoms with E-state index in [4.69, 9.17) is 4.74 Å². The average molecular weight is 272 g/mol. The maximum atomic E-state index is 11.3. The van der Waals surface area contributed by atoms with Gasteiger partial charge in [-0.2, -0.15) is 5.10 Å². The molecule has 0 unspecified atom stereocenters. The normalized spacial score (nSPS) is 10.9. The van der Waals surface area contributed by atoms with Crippen LogP contribution in [0.2, 0.25) is 0 Å². The molecule has 0 atom stereocenters. The van der Waals surface area contributed by atoms with E-state index >= 15 is 0 Å². The summed E-state index contributed by atoms with van der Waals surface area (Å²) in [5.74, 6) is -0.408. The van der Waals surface area contributed by atoms with E-state index in [1.807, 2.05) is 37.3 Å². The van der Waals surface area contributed by atoms with Crippen LogP contribution in [0.25, 0.3) is 17.3 Å². The molecule has 0 radical (unpaired) electrons. The van der Waals surface area contributed by atoms with Crippen LogP contribution in [0.3, 0.4) is 0 Å². The zero-order valence-electron chi connectivity index (χ0n) is 11.6. The van der Waals surface area contributed by atoms with Gasteiger partial charge in [-0.05, 0) is 24.6 Å². The lowest BCUT2D eigenvalue weighted by molar-refractivity contribution is 0.0697. The van der Waals surface area contributed by atoms with E-state index in [9.17, 15) is 9.90 Å². The Morgan fingerprint density at radius 2 is 2.20 bits per heavy atom. The van der Waals surface area contributed by atoms with Crippen molar-refractivity contribution in [1.29, 1.82) is 0 Å². The minimum absolute atomic E-state index is 0.157. The lowest BCUT2D eigenvalue weighted by Crippen LogP contribution is -1.98. The SMILES string of the molecule is CC=Cc1ccc(-c2nn(C)cc2C(=O)O)c(OC)c1. The molecule has 104 valence electrons. The highest BCUT2D eigenvalue weighted by Crippen LogP contribution is 2.32. The second-order valence-electron chi connectivity index (χ2n) is 4.33. The van der Waals surface area contributed by atoms with Gasteiger partial charge in [0.25, 0.3) is 0 Å². The third kappa shape index (κ3) is 2.56. The minimum Gasteiger partial charge on any atom is -0.496 e. The number of hydrogen-bond donors (Lipinski definition) is 1. The standard InChI is InChI=1S/C15H16N2O3/c1-4-5-10-6-7-11(13(8-10)20-3)14-12(15(18)19)9-17(2)16-14/h4-9H,1-3H3,(H,18,19). The molecule has 1 N–H and O–H groups in total. The van der Waals surface area contributed by atoms with Gasteiger partial charge in [0.05, 0.1) is 7.11 Å². The Kier molecular flexibility index (Phi) is 3.89. The number of aryl methyl sites for hydroxylation is 1. The van der Waals surface area contributed by atoms with Gasteiger partial charge in [-0.25, -0.2) is 4.79 Å². The lowest BCUT2D eigenvalue weighted by Gasteiger charge is -2.08. The number of rotatable bonds is 4. The number of ether oxygens (including phenoxy) is 1. The topological polar surface area (TPSA) is 64.4 Å². The van der Waals surface area contributed by atoms with Crippen molar-refractivity contribution in [2.45, 2.75) is 6.92 Å². The summed E-state index contributed by atoms with van der Waals surface area (Å²) < 4.78 is 6.84. The summed E-state index contributed by atoms with van der Waals surface area (Å²) in [7, 11) is 3.25. The van der Waals surface area contributed by atoms with E-state index < -0.39 is 5.97 Å². The number of carboxylic acids is 1. The highest BCUT2D eigenvalue weighted by atomic mass is 16.5. The van der Waals surface area contributed by atoms with Gasteiger partial charge in [-0.15, -0.1) is 0 Å². The molecule has 5 heteroatoms. The van der Waals surface area contributed by atoms with Gasteiger partial charge in [0, 0.05) is 18.8 Å². The van der Waals surface area contributed by atoms with Gasteiger partial charge in [0.2, 0.25) is 0 Å². The van der Waals surface area contributed by atoms with Crippen molar-refractivity contribution < 1.29 is 14.6 Å². The summed E-state index contributed by atoms with van der Waals surface area (Å²) in [6, 6.07) is 5.58. The summed E-state index contributed by atoms with van der Waals surface area (Å²) >= 11 is 0. The zero-order chi connectivity index (χ0) is 14.7. The van der Waals surface area contributed by atoms with Crippen LogP contribution >= 0.6 is 0 Å². The van der Waals surface area contributed by atoms with Gasteiger partial charge >= 0.3 is 5.97 Å². The van der Waals surface area contributed by atoms with Crippen LogP contribution < -0.4 is 4.74 Å². The van der Waals surface area contributed by atoms with Gasteiger partial charge in [-0.3, -0.25) is 4.68 Å². The van der Waals surface area contributed by atoms with Crippen molar-refractivity contribution in [2.75, 3.05) is 7.11 Å². The van der Waals surface area contributed by atoms with Crippen molar-refractivity contribution in [3.05, 3.63) is 41.6 Å². The predicted molar refractivity (Wildman–Crippen MR) is 76.9 cm³/mol. The molecule has 0 fully saturated rings. The number of allylic oxidation sites excluding steroid dienone is 1. The molecule has 0 aliphatic rings. The third-order valence-electron chi connectivity index (χ3n) is 2.90. The van der Waals surface area contributed by atoms with E-state index in [-0.39, 0.29) is 5.56 Å². The Morgan fingerprint density at radius 3 is 2.80 bits per heavy atom. The summed E-state index contributed by atoms with van der Waals surface area (Å²) in [6.45, 7) is 1.93. The second-order valence-corrected chi connectivity index (χ2v) is 4.33. The lowest BCUT2D eigenvalue weighted by atomic mass is 10.0. The van der Waals surface area contributed by atoms with Crippen molar-refractivity contribution in [2.24, 2.45) is 7.05 Å². The summed E-state index contributed by atoms with van der Waals surface area (Å²) in [5, 5.41) is 13.5. The smallest absolute Gasteiger partial charge is 0.339 e. The van der Waals surface area contributed by atoms with Crippen LogP contribution in [-0.2, 0) is 7.05 Å². The Bertz CT molecular complexity index is 672. The minimum atomic E-state index is -1.01. The monoisotopic (exact) mass is 272 g/mol. The van der Waals surface area contributed by atoms with Gasteiger partial charge < -0.3 is 9.84 Å². The second kappa shape index (κ2) is 5.61. The molecule has 0 saturated heterocycles. The highest BCUT2D eigenvalue weighted by Gasteiger charge is 2.19. The first kappa shape index (κ1) is 13.9. The first-order chi connectivity index (χ1) is 9.56. The number of methoxy groups -OCH3 is 1. The molecule has 2 rings (SSSR count). The largest absolute Gasteiger partial charge is 0.496 e. The quantitative estimate of drug-likeness (QED) is 0.929.